The van der Waals surface area contributed by atoms with Gasteiger partial charge in [0, 0.05) is 16.9 Å². The monoisotopic (exact) mass is 485 g/mol. The maximum Gasteiger partial charge on any atom is 0.277 e. The van der Waals surface area contributed by atoms with E-state index in [1.54, 1.807) is 18.1 Å². The van der Waals surface area contributed by atoms with E-state index in [0.717, 1.165) is 10.0 Å². The quantitative estimate of drug-likeness (QED) is 0.331. The predicted octanol–water partition coefficient (Wildman–Crippen LogP) is 3.01. The summed E-state index contributed by atoms with van der Waals surface area (Å²) in [6, 6.07) is 15.0. The summed E-state index contributed by atoms with van der Waals surface area (Å²) < 4.78 is 6.35. The van der Waals surface area contributed by atoms with Crippen molar-refractivity contribution in [1.82, 2.24) is 15.4 Å². The number of para-hydroxylation sites is 2. The number of hydrogen-bond donors (Lipinski definition) is 3. The molecule has 0 saturated carbocycles. The molecule has 0 aliphatic rings. The molecule has 3 aromatic rings. The smallest absolute Gasteiger partial charge is 0.277 e. The molecule has 0 radical (unpaired) electrons. The summed E-state index contributed by atoms with van der Waals surface area (Å²) in [5.74, 6) is -0.212. The zero-order chi connectivity index (χ0) is 22.2. The number of aromatic nitrogens is 2. The number of ether oxygens (including phenoxy) is 1. The Morgan fingerprint density at radius 3 is 2.55 bits per heavy atom. The fourth-order valence-electron chi connectivity index (χ4n) is 2.83. The fourth-order valence-corrected chi connectivity index (χ4v) is 3.28. The molecule has 0 fully saturated rings. The van der Waals surface area contributed by atoms with Crippen molar-refractivity contribution >= 4 is 39.4 Å². The van der Waals surface area contributed by atoms with Crippen molar-refractivity contribution in [3.63, 3.8) is 0 Å². The molecule has 0 bridgehead atoms. The molecule has 1 aromatic heterocycles. The zero-order valence-electron chi connectivity index (χ0n) is 16.6. The summed E-state index contributed by atoms with van der Waals surface area (Å²) in [7, 11) is 1.55. The highest BCUT2D eigenvalue weighted by Crippen LogP contribution is 2.29. The van der Waals surface area contributed by atoms with Gasteiger partial charge in [-0.25, -0.2) is 15.4 Å². The van der Waals surface area contributed by atoms with Crippen molar-refractivity contribution in [3.8, 4) is 5.75 Å². The number of benzene rings is 2. The van der Waals surface area contributed by atoms with Crippen molar-refractivity contribution in [2.45, 2.75) is 6.54 Å². The van der Waals surface area contributed by atoms with E-state index in [1.807, 2.05) is 42.5 Å². The minimum atomic E-state index is -0.723. The number of hydrogen-bond acceptors (Lipinski definition) is 7. The molecule has 2 aromatic carbocycles. The van der Waals surface area contributed by atoms with Crippen LogP contribution in [0.5, 0.6) is 5.75 Å². The average Bonchev–Trinajstić information content (AvgIpc) is 2.81. The summed E-state index contributed by atoms with van der Waals surface area (Å²) in [5.41, 5.74) is 3.16. The maximum atomic E-state index is 13.1. The van der Waals surface area contributed by atoms with Crippen LogP contribution in [0.25, 0.3) is 0 Å². The molecule has 10 heteroatoms. The number of carbonyl (C=O) groups excluding carboxylic acids is 2. The molecule has 3 rings (SSSR count). The molecule has 0 aliphatic heterocycles. The normalized spacial score (nSPS) is 10.3. The number of anilines is 2. The van der Waals surface area contributed by atoms with Crippen molar-refractivity contribution in [2.75, 3.05) is 23.9 Å². The molecule has 160 valence electrons. The van der Waals surface area contributed by atoms with E-state index in [2.05, 4.69) is 31.2 Å². The first-order valence-corrected chi connectivity index (χ1v) is 9.99. The van der Waals surface area contributed by atoms with Crippen LogP contribution in [0.1, 0.15) is 15.9 Å². The third-order valence-electron chi connectivity index (χ3n) is 4.32. The van der Waals surface area contributed by atoms with Crippen LogP contribution >= 0.6 is 15.9 Å². The van der Waals surface area contributed by atoms with E-state index < -0.39 is 5.91 Å². The third kappa shape index (κ3) is 5.77. The molecule has 1 heterocycles. The lowest BCUT2D eigenvalue weighted by Crippen LogP contribution is -2.35. The molecular weight excluding hydrogens is 466 g/mol. The lowest BCUT2D eigenvalue weighted by Gasteiger charge is -2.25. The van der Waals surface area contributed by atoms with Crippen LogP contribution in [-0.4, -0.2) is 40.6 Å². The second-order valence-electron chi connectivity index (χ2n) is 6.37. The van der Waals surface area contributed by atoms with Crippen LogP contribution in [0.2, 0.25) is 0 Å². The highest BCUT2D eigenvalue weighted by molar-refractivity contribution is 9.10. The molecule has 0 spiro atoms. The number of nitrogens with one attached hydrogen (secondary N) is 2. The fraction of sp³-hybridized carbons (Fsp3) is 0.143. The number of hydroxylamine groups is 1. The topological polar surface area (TPSA) is 117 Å². The summed E-state index contributed by atoms with van der Waals surface area (Å²) in [5, 5.41) is 11.5. The van der Waals surface area contributed by atoms with Gasteiger partial charge in [0.25, 0.3) is 5.91 Å². The van der Waals surface area contributed by atoms with E-state index in [0.29, 0.717) is 18.0 Å². The molecule has 31 heavy (non-hydrogen) atoms. The summed E-state index contributed by atoms with van der Waals surface area (Å²) in [4.78, 5) is 34.1. The SMILES string of the molecule is COc1ccccc1N(Cc1cccc(Br)c1)C(=O)CNc1ncc(C(=O)NO)cn1. The first-order valence-electron chi connectivity index (χ1n) is 9.20. The highest BCUT2D eigenvalue weighted by atomic mass is 79.9. The van der Waals surface area contributed by atoms with Crippen molar-refractivity contribution in [2.24, 2.45) is 0 Å². The van der Waals surface area contributed by atoms with Gasteiger partial charge in [-0.15, -0.1) is 0 Å². The van der Waals surface area contributed by atoms with Crippen LogP contribution in [0.3, 0.4) is 0 Å². The first kappa shape index (κ1) is 22.2. The lowest BCUT2D eigenvalue weighted by molar-refractivity contribution is -0.117. The van der Waals surface area contributed by atoms with Gasteiger partial charge in [0.2, 0.25) is 11.9 Å². The summed E-state index contributed by atoms with van der Waals surface area (Å²) >= 11 is 3.45. The number of nitrogens with zero attached hydrogens (tertiary/aromatic N) is 3. The van der Waals surface area contributed by atoms with Gasteiger partial charge in [0.15, 0.2) is 0 Å². The number of halogens is 1. The molecule has 0 aliphatic carbocycles. The summed E-state index contributed by atoms with van der Waals surface area (Å²) in [6.07, 6.45) is 2.48. The Kier molecular flexibility index (Phi) is 7.52. The Morgan fingerprint density at radius 1 is 1.13 bits per heavy atom. The van der Waals surface area contributed by atoms with E-state index in [9.17, 15) is 9.59 Å². The van der Waals surface area contributed by atoms with Gasteiger partial charge in [0.05, 0.1) is 31.5 Å². The standard InChI is InChI=1S/C21H20BrN5O4/c1-31-18-8-3-2-7-17(18)27(13-14-5-4-6-16(22)9-14)19(28)12-25-21-23-10-15(11-24-21)20(29)26-30/h2-11,30H,12-13H2,1H3,(H,26,29)(H,23,24,25). The highest BCUT2D eigenvalue weighted by Gasteiger charge is 2.20. The summed E-state index contributed by atoms with van der Waals surface area (Å²) in [6.45, 7) is 0.244. The van der Waals surface area contributed by atoms with E-state index in [4.69, 9.17) is 9.94 Å². The Morgan fingerprint density at radius 2 is 1.87 bits per heavy atom. The Bertz CT molecular complexity index is 1060. The van der Waals surface area contributed by atoms with Crippen molar-refractivity contribution < 1.29 is 19.5 Å². The van der Waals surface area contributed by atoms with Crippen LogP contribution in [0.4, 0.5) is 11.6 Å². The Balaban J connectivity index is 1.79. The molecule has 9 nitrogen and oxygen atoms in total. The van der Waals surface area contributed by atoms with Gasteiger partial charge >= 0.3 is 0 Å². The predicted molar refractivity (Wildman–Crippen MR) is 118 cm³/mol. The molecule has 2 amide bonds. The molecule has 0 saturated heterocycles. The van der Waals surface area contributed by atoms with Crippen LogP contribution in [-0.2, 0) is 11.3 Å². The third-order valence-corrected chi connectivity index (χ3v) is 4.81. The van der Waals surface area contributed by atoms with E-state index >= 15 is 0 Å². The van der Waals surface area contributed by atoms with Gasteiger partial charge in [-0.05, 0) is 29.8 Å². The van der Waals surface area contributed by atoms with E-state index in [1.165, 1.54) is 17.9 Å². The molecule has 0 unspecified atom stereocenters. The minimum absolute atomic E-state index is 0.0857. The second kappa shape index (κ2) is 10.5. The van der Waals surface area contributed by atoms with Gasteiger partial charge in [-0.3, -0.25) is 14.8 Å². The number of rotatable bonds is 8. The minimum Gasteiger partial charge on any atom is -0.495 e. The molecule has 0 atom stereocenters. The van der Waals surface area contributed by atoms with Gasteiger partial charge in [-0.2, -0.15) is 0 Å². The van der Waals surface area contributed by atoms with Crippen molar-refractivity contribution in [1.29, 1.82) is 0 Å². The first-order chi connectivity index (χ1) is 15.0. The van der Waals surface area contributed by atoms with Gasteiger partial charge in [0.1, 0.15) is 5.75 Å². The van der Waals surface area contributed by atoms with Gasteiger partial charge < -0.3 is 15.0 Å². The molecule has 3 N–H and O–H groups in total. The number of carbonyl (C=O) groups is 2. The zero-order valence-corrected chi connectivity index (χ0v) is 18.2. The van der Waals surface area contributed by atoms with Crippen LogP contribution in [0, 0.1) is 0 Å². The Hall–Kier alpha value is -3.50. The number of methoxy groups -OCH3 is 1. The molecular formula is C21H20BrN5O4. The van der Waals surface area contributed by atoms with Crippen molar-refractivity contribution in [3.05, 3.63) is 76.5 Å². The van der Waals surface area contributed by atoms with E-state index in [-0.39, 0.29) is 24.0 Å². The lowest BCUT2D eigenvalue weighted by atomic mass is 10.2. The van der Waals surface area contributed by atoms with Gasteiger partial charge in [-0.1, -0.05) is 40.2 Å². The number of amides is 2. The average molecular weight is 486 g/mol. The van der Waals surface area contributed by atoms with Crippen LogP contribution in [0.15, 0.2) is 65.4 Å². The second-order valence-corrected chi connectivity index (χ2v) is 7.29. The Labute approximate surface area is 187 Å². The maximum absolute atomic E-state index is 13.1. The largest absolute Gasteiger partial charge is 0.495 e. The van der Waals surface area contributed by atoms with Crippen LogP contribution < -0.4 is 20.4 Å².